The Hall–Kier alpha value is -1.18. The maximum absolute atomic E-state index is 12.9. The van der Waals surface area contributed by atoms with Crippen molar-refractivity contribution >= 4 is 6.04 Å². The lowest BCUT2D eigenvalue weighted by molar-refractivity contribution is 0.0835. The van der Waals surface area contributed by atoms with Gasteiger partial charge in [-0.05, 0) is 34.1 Å². The van der Waals surface area contributed by atoms with Crippen molar-refractivity contribution in [3.8, 4) is 0 Å². The van der Waals surface area contributed by atoms with E-state index < -0.39 is 6.04 Å². The van der Waals surface area contributed by atoms with Crippen molar-refractivity contribution in [1.29, 1.82) is 0 Å². The van der Waals surface area contributed by atoms with Crippen LogP contribution in [-0.4, -0.2) is 6.04 Å². The van der Waals surface area contributed by atoms with Crippen molar-refractivity contribution in [3.63, 3.8) is 0 Å². The zero-order chi connectivity index (χ0) is 13.4. The summed E-state index contributed by atoms with van der Waals surface area (Å²) in [7, 11) is 0. The molecular weight excluding hydrogens is 215 g/mol. The molecule has 0 unspecified atom stereocenters. The van der Waals surface area contributed by atoms with Crippen molar-refractivity contribution in [1.82, 2.24) is 0 Å². The summed E-state index contributed by atoms with van der Waals surface area (Å²) < 4.78 is 12.9. The summed E-state index contributed by atoms with van der Waals surface area (Å²) in [5, 5.41) is 0. The number of carbonyl (C=O) groups excluding carboxylic acids is 1. The zero-order valence-electron chi connectivity index (χ0n) is 11.5. The van der Waals surface area contributed by atoms with Gasteiger partial charge in [0.15, 0.2) is 0 Å². The second kappa shape index (κ2) is 4.25. The molecule has 0 aromatic heterocycles. The molecule has 0 saturated carbocycles. The maximum atomic E-state index is 12.9. The number of hydrogen-bond donors (Lipinski definition) is 0. The minimum absolute atomic E-state index is 0.0918. The fourth-order valence-electron chi connectivity index (χ4n) is 1.61. The smallest absolute Gasteiger partial charge is 0.255 e. The number of carbonyl (C=O) groups is 1. The molecule has 1 aromatic carbocycles. The monoisotopic (exact) mass is 236 g/mol. The molecule has 0 aliphatic carbocycles. The lowest BCUT2D eigenvalue weighted by Crippen LogP contribution is -2.17. The first-order valence-corrected chi connectivity index (χ1v) is 5.88. The first-order chi connectivity index (χ1) is 7.51. The Kier molecular flexibility index (Phi) is 3.47. The van der Waals surface area contributed by atoms with E-state index in [1.165, 1.54) is 0 Å². The van der Waals surface area contributed by atoms with Crippen LogP contribution in [0.5, 0.6) is 0 Å². The van der Waals surface area contributed by atoms with Crippen LogP contribution >= 0.6 is 0 Å². The van der Waals surface area contributed by atoms with Gasteiger partial charge in [-0.3, -0.25) is 4.79 Å². The molecule has 0 amide bonds. The zero-order valence-corrected chi connectivity index (χ0v) is 11.5. The van der Waals surface area contributed by atoms with Gasteiger partial charge in [-0.15, -0.1) is 0 Å². The SMILES string of the molecule is CC(C)(C)c1cc(C(=O)F)cc(C(C)(C)C)c1. The van der Waals surface area contributed by atoms with Crippen molar-refractivity contribution in [3.05, 3.63) is 34.9 Å². The van der Waals surface area contributed by atoms with Crippen molar-refractivity contribution in [2.75, 3.05) is 0 Å². The van der Waals surface area contributed by atoms with Crippen LogP contribution in [0.3, 0.4) is 0 Å². The first-order valence-electron chi connectivity index (χ1n) is 5.88. The second-order valence-electron chi connectivity index (χ2n) is 6.57. The number of benzene rings is 1. The molecule has 0 spiro atoms. The van der Waals surface area contributed by atoms with E-state index in [9.17, 15) is 9.18 Å². The standard InChI is InChI=1S/C15H21FO/c1-14(2,3)11-7-10(13(16)17)8-12(9-11)15(4,5)6/h7-9H,1-6H3. The molecule has 0 fully saturated rings. The van der Waals surface area contributed by atoms with E-state index in [1.807, 2.05) is 0 Å². The van der Waals surface area contributed by atoms with Crippen molar-refractivity contribution in [2.45, 2.75) is 52.4 Å². The van der Waals surface area contributed by atoms with Gasteiger partial charge in [0.05, 0.1) is 5.56 Å². The van der Waals surface area contributed by atoms with Crippen molar-refractivity contribution in [2.24, 2.45) is 0 Å². The lowest BCUT2D eigenvalue weighted by atomic mass is 9.79. The topological polar surface area (TPSA) is 17.1 Å². The Bertz CT molecular complexity index is 401. The summed E-state index contributed by atoms with van der Waals surface area (Å²) in [6, 6.07) is 4.00. The number of halogens is 1. The molecule has 0 heterocycles. The fraction of sp³-hybridized carbons (Fsp3) is 0.533. The summed E-state index contributed by atoms with van der Waals surface area (Å²) in [6.07, 6.45) is 0. The highest BCUT2D eigenvalue weighted by molar-refractivity contribution is 5.89. The molecular formula is C15H21FO. The maximum Gasteiger partial charge on any atom is 0.332 e. The second-order valence-corrected chi connectivity index (χ2v) is 6.57. The van der Waals surface area contributed by atoms with E-state index in [0.29, 0.717) is 0 Å². The molecule has 1 rings (SSSR count). The summed E-state index contributed by atoms with van der Waals surface area (Å²) in [4.78, 5) is 10.9. The van der Waals surface area contributed by atoms with Crippen LogP contribution in [0, 0.1) is 0 Å². The third kappa shape index (κ3) is 3.39. The Morgan fingerprint density at radius 1 is 0.882 bits per heavy atom. The predicted molar refractivity (Wildman–Crippen MR) is 69.3 cm³/mol. The summed E-state index contributed by atoms with van der Waals surface area (Å²) in [5.74, 6) is 0. The molecule has 0 aliphatic heterocycles. The first kappa shape index (κ1) is 13.9. The van der Waals surface area contributed by atoms with E-state index >= 15 is 0 Å². The van der Waals surface area contributed by atoms with Crippen LogP contribution in [0.2, 0.25) is 0 Å². The highest BCUT2D eigenvalue weighted by atomic mass is 19.1. The highest BCUT2D eigenvalue weighted by Crippen LogP contribution is 2.30. The van der Waals surface area contributed by atoms with E-state index in [0.717, 1.165) is 11.1 Å². The van der Waals surface area contributed by atoms with Gasteiger partial charge in [0, 0.05) is 0 Å². The third-order valence-corrected chi connectivity index (χ3v) is 2.89. The molecule has 94 valence electrons. The van der Waals surface area contributed by atoms with Crippen LogP contribution in [0.4, 0.5) is 4.39 Å². The van der Waals surface area contributed by atoms with Gasteiger partial charge >= 0.3 is 6.04 Å². The Morgan fingerprint density at radius 2 is 1.24 bits per heavy atom. The fourth-order valence-corrected chi connectivity index (χ4v) is 1.61. The molecule has 1 aromatic rings. The van der Waals surface area contributed by atoms with Crippen LogP contribution < -0.4 is 0 Å². The third-order valence-electron chi connectivity index (χ3n) is 2.89. The molecule has 0 saturated heterocycles. The van der Waals surface area contributed by atoms with Gasteiger partial charge in [-0.25, -0.2) is 0 Å². The number of rotatable bonds is 1. The largest absolute Gasteiger partial charge is 0.332 e. The Morgan fingerprint density at radius 3 is 1.47 bits per heavy atom. The molecule has 2 heteroatoms. The van der Waals surface area contributed by atoms with E-state index in [4.69, 9.17) is 0 Å². The molecule has 0 N–H and O–H groups in total. The van der Waals surface area contributed by atoms with Gasteiger partial charge in [0.25, 0.3) is 0 Å². The minimum atomic E-state index is -1.36. The highest BCUT2D eigenvalue weighted by Gasteiger charge is 2.21. The minimum Gasteiger partial charge on any atom is -0.255 e. The average molecular weight is 236 g/mol. The summed E-state index contributed by atoms with van der Waals surface area (Å²) in [5.41, 5.74) is 1.95. The normalized spacial score (nSPS) is 12.6. The summed E-state index contributed by atoms with van der Waals surface area (Å²) >= 11 is 0. The quantitative estimate of drug-likeness (QED) is 0.661. The Labute approximate surface area is 103 Å². The van der Waals surface area contributed by atoms with Crippen LogP contribution in [0.1, 0.15) is 63.0 Å². The van der Waals surface area contributed by atoms with Gasteiger partial charge in [-0.2, -0.15) is 4.39 Å². The molecule has 0 radical (unpaired) electrons. The summed E-state index contributed by atoms with van der Waals surface area (Å²) in [6.45, 7) is 12.3. The van der Waals surface area contributed by atoms with E-state index in [-0.39, 0.29) is 16.4 Å². The van der Waals surface area contributed by atoms with Gasteiger partial charge < -0.3 is 0 Å². The van der Waals surface area contributed by atoms with Crippen LogP contribution in [0.25, 0.3) is 0 Å². The molecule has 0 atom stereocenters. The van der Waals surface area contributed by atoms with Crippen molar-refractivity contribution < 1.29 is 9.18 Å². The van der Waals surface area contributed by atoms with Gasteiger partial charge in [0.1, 0.15) is 0 Å². The van der Waals surface area contributed by atoms with Crippen LogP contribution in [-0.2, 0) is 10.8 Å². The van der Waals surface area contributed by atoms with E-state index in [1.54, 1.807) is 12.1 Å². The molecule has 0 aliphatic rings. The average Bonchev–Trinajstić information content (AvgIpc) is 2.14. The number of hydrogen-bond acceptors (Lipinski definition) is 1. The Balaban J connectivity index is 3.45. The molecule has 0 bridgehead atoms. The lowest BCUT2D eigenvalue weighted by Gasteiger charge is -2.25. The molecule has 1 nitrogen and oxygen atoms in total. The van der Waals surface area contributed by atoms with Crippen LogP contribution in [0.15, 0.2) is 18.2 Å². The molecule has 17 heavy (non-hydrogen) atoms. The van der Waals surface area contributed by atoms with E-state index in [2.05, 4.69) is 47.6 Å². The van der Waals surface area contributed by atoms with Gasteiger partial charge in [0.2, 0.25) is 0 Å². The predicted octanol–water partition coefficient (Wildman–Crippen LogP) is 4.39. The van der Waals surface area contributed by atoms with Gasteiger partial charge in [-0.1, -0.05) is 47.6 Å².